The van der Waals surface area contributed by atoms with Gasteiger partial charge in [0.1, 0.15) is 18.4 Å². The van der Waals surface area contributed by atoms with Crippen LogP contribution in [-0.2, 0) is 38.6 Å². The lowest BCUT2D eigenvalue weighted by atomic mass is 9.90. The van der Waals surface area contributed by atoms with Crippen molar-refractivity contribution in [2.75, 3.05) is 6.61 Å². The van der Waals surface area contributed by atoms with Crippen molar-refractivity contribution in [2.24, 2.45) is 11.8 Å². The van der Waals surface area contributed by atoms with Gasteiger partial charge in [0.2, 0.25) is 0 Å². The van der Waals surface area contributed by atoms with E-state index < -0.39 is 18.1 Å². The second-order valence-electron chi connectivity index (χ2n) is 11.3. The number of fused-ring (bicyclic) bond motifs is 2. The number of carbonyl (C=O) groups is 2. The van der Waals surface area contributed by atoms with E-state index in [4.69, 9.17) is 14.2 Å². The van der Waals surface area contributed by atoms with E-state index in [9.17, 15) is 9.59 Å². The molecule has 2 saturated carbocycles. The molecule has 0 radical (unpaired) electrons. The van der Waals surface area contributed by atoms with Gasteiger partial charge in [-0.15, -0.1) is 0 Å². The van der Waals surface area contributed by atoms with E-state index in [2.05, 4.69) is 0 Å². The molecule has 1 heterocycles. The molecule has 6 rings (SSSR count). The summed E-state index contributed by atoms with van der Waals surface area (Å²) in [7, 11) is 0. The van der Waals surface area contributed by atoms with Gasteiger partial charge in [0.25, 0.3) is 5.91 Å². The Labute approximate surface area is 236 Å². The lowest BCUT2D eigenvalue weighted by molar-refractivity contribution is -0.163. The normalized spacial score (nSPS) is 23.6. The van der Waals surface area contributed by atoms with Crippen molar-refractivity contribution in [2.45, 2.75) is 70.9 Å². The number of esters is 1. The van der Waals surface area contributed by atoms with Gasteiger partial charge in [0.15, 0.2) is 6.10 Å². The largest absolute Gasteiger partial charge is 0.488 e. The second-order valence-corrected chi connectivity index (χ2v) is 11.3. The maximum absolute atomic E-state index is 14.3. The maximum Gasteiger partial charge on any atom is 0.329 e. The minimum Gasteiger partial charge on any atom is -0.488 e. The number of carbonyl (C=O) groups excluding carboxylic acids is 2. The van der Waals surface area contributed by atoms with Crippen molar-refractivity contribution in [1.29, 1.82) is 0 Å². The van der Waals surface area contributed by atoms with Crippen LogP contribution in [0.4, 0.5) is 0 Å². The molecule has 3 aromatic rings. The van der Waals surface area contributed by atoms with Gasteiger partial charge in [0.05, 0.1) is 12.7 Å². The number of amides is 1. The van der Waals surface area contributed by atoms with E-state index in [0.717, 1.165) is 58.2 Å². The molecule has 208 valence electrons. The van der Waals surface area contributed by atoms with Gasteiger partial charge in [-0.1, -0.05) is 72.8 Å². The van der Waals surface area contributed by atoms with Crippen LogP contribution >= 0.6 is 0 Å². The van der Waals surface area contributed by atoms with Crippen LogP contribution in [0.3, 0.4) is 0 Å². The first-order chi connectivity index (χ1) is 19.5. The van der Waals surface area contributed by atoms with Crippen molar-refractivity contribution in [3.8, 4) is 5.75 Å². The molecule has 0 bridgehead atoms. The monoisotopic (exact) mass is 539 g/mol. The molecule has 40 heavy (non-hydrogen) atoms. The smallest absolute Gasteiger partial charge is 0.329 e. The summed E-state index contributed by atoms with van der Waals surface area (Å²) in [4.78, 5) is 29.4. The maximum atomic E-state index is 14.3. The summed E-state index contributed by atoms with van der Waals surface area (Å²) in [6.07, 6.45) is 2.93. The number of rotatable bonds is 9. The Balaban J connectivity index is 1.30. The quantitative estimate of drug-likeness (QED) is 0.315. The van der Waals surface area contributed by atoms with Gasteiger partial charge >= 0.3 is 5.97 Å². The van der Waals surface area contributed by atoms with Crippen molar-refractivity contribution < 1.29 is 23.8 Å². The van der Waals surface area contributed by atoms with Gasteiger partial charge in [-0.2, -0.15) is 0 Å². The highest BCUT2D eigenvalue weighted by Crippen LogP contribution is 2.53. The van der Waals surface area contributed by atoms with E-state index in [0.29, 0.717) is 19.6 Å². The fourth-order valence-electron chi connectivity index (χ4n) is 6.39. The average Bonchev–Trinajstić information content (AvgIpc) is 3.60. The van der Waals surface area contributed by atoms with Crippen LogP contribution in [0.1, 0.15) is 60.1 Å². The van der Waals surface area contributed by atoms with Gasteiger partial charge in [-0.25, -0.2) is 4.79 Å². The minimum atomic E-state index is -0.763. The second kappa shape index (κ2) is 11.5. The number of hydrogen-bond donors (Lipinski definition) is 0. The van der Waals surface area contributed by atoms with E-state index in [-0.39, 0.29) is 18.6 Å². The van der Waals surface area contributed by atoms with Gasteiger partial charge in [-0.05, 0) is 67.2 Å². The molecule has 0 N–H and O–H groups in total. The molecule has 3 aliphatic rings. The molecular weight excluding hydrogens is 502 g/mol. The van der Waals surface area contributed by atoms with Crippen LogP contribution < -0.4 is 4.74 Å². The van der Waals surface area contributed by atoms with E-state index in [1.54, 1.807) is 11.8 Å². The minimum absolute atomic E-state index is 0.0664. The summed E-state index contributed by atoms with van der Waals surface area (Å²) in [5, 5.41) is 0. The molecule has 0 aromatic heterocycles. The Morgan fingerprint density at radius 2 is 1.62 bits per heavy atom. The molecule has 0 saturated heterocycles. The molecule has 3 aromatic carbocycles. The zero-order chi connectivity index (χ0) is 27.6. The lowest BCUT2D eigenvalue weighted by Crippen LogP contribution is -2.51. The zero-order valence-corrected chi connectivity index (χ0v) is 23.3. The first kappa shape index (κ1) is 26.6. The lowest BCUT2D eigenvalue weighted by Gasteiger charge is -2.38. The summed E-state index contributed by atoms with van der Waals surface area (Å²) in [6.45, 7) is 4.78. The molecule has 2 aliphatic carbocycles. The molecule has 6 heteroatoms. The van der Waals surface area contributed by atoms with Crippen LogP contribution in [0.2, 0.25) is 0 Å². The van der Waals surface area contributed by atoms with Crippen molar-refractivity contribution in [3.63, 3.8) is 0 Å². The number of ether oxygens (including phenoxy) is 3. The number of aryl methyl sites for hydroxylation is 1. The molecule has 1 amide bonds. The Morgan fingerprint density at radius 3 is 2.33 bits per heavy atom. The molecule has 1 aliphatic heterocycles. The van der Waals surface area contributed by atoms with Gasteiger partial charge in [-0.3, -0.25) is 4.79 Å². The van der Waals surface area contributed by atoms with E-state index >= 15 is 0 Å². The van der Waals surface area contributed by atoms with Crippen LogP contribution in [-0.4, -0.2) is 35.5 Å². The number of benzene rings is 3. The third-order valence-corrected chi connectivity index (χ3v) is 8.59. The molecule has 4 atom stereocenters. The summed E-state index contributed by atoms with van der Waals surface area (Å²) in [6, 6.07) is 23.0. The van der Waals surface area contributed by atoms with Crippen LogP contribution in [0.15, 0.2) is 72.8 Å². The summed E-state index contributed by atoms with van der Waals surface area (Å²) in [5.74, 6) is 1.67. The summed E-state index contributed by atoms with van der Waals surface area (Å²) in [5.41, 5.74) is 4.84. The van der Waals surface area contributed by atoms with Gasteiger partial charge < -0.3 is 19.1 Å². The van der Waals surface area contributed by atoms with Crippen LogP contribution in [0.5, 0.6) is 5.75 Å². The highest BCUT2D eigenvalue weighted by atomic mass is 16.5. The molecule has 3 unspecified atom stereocenters. The van der Waals surface area contributed by atoms with Crippen LogP contribution in [0, 0.1) is 18.8 Å². The van der Waals surface area contributed by atoms with E-state index in [1.165, 1.54) is 6.42 Å². The van der Waals surface area contributed by atoms with Crippen LogP contribution in [0.25, 0.3) is 0 Å². The summed E-state index contributed by atoms with van der Waals surface area (Å²) >= 11 is 0. The van der Waals surface area contributed by atoms with Gasteiger partial charge in [0, 0.05) is 18.5 Å². The number of hydrogen-bond acceptors (Lipinski definition) is 5. The Hall–Kier alpha value is -3.64. The fraction of sp³-hybridized carbons (Fsp3) is 0.412. The predicted octanol–water partition coefficient (Wildman–Crippen LogP) is 5.95. The standard InChI is InChI=1S/C34H37NO5/c1-3-38-34(37)30-19-29-25(15-14-22(2)31(29)39-21-23-10-6-4-7-11-23)20-35(30)33(36)32(24-12-8-5-9-13-24)40-28-17-26-16-27(26)18-28/h4-15,26-28,30,32H,3,16-21H2,1-2H3/t26?,27?,28?,30-,32?/m0/s1. The molecule has 2 fully saturated rings. The van der Waals surface area contributed by atoms with E-state index in [1.807, 2.05) is 79.7 Å². The number of nitrogens with zero attached hydrogens (tertiary/aromatic N) is 1. The Morgan fingerprint density at radius 1 is 0.925 bits per heavy atom. The Kier molecular flexibility index (Phi) is 7.61. The molecular formula is C34H37NO5. The topological polar surface area (TPSA) is 65.1 Å². The molecule has 6 nitrogen and oxygen atoms in total. The van der Waals surface area contributed by atoms with Crippen molar-refractivity contribution in [3.05, 3.63) is 101 Å². The zero-order valence-electron chi connectivity index (χ0n) is 23.3. The third-order valence-electron chi connectivity index (χ3n) is 8.59. The first-order valence-corrected chi connectivity index (χ1v) is 14.5. The molecule has 0 spiro atoms. The third kappa shape index (κ3) is 5.50. The highest BCUT2D eigenvalue weighted by molar-refractivity contribution is 5.89. The summed E-state index contributed by atoms with van der Waals surface area (Å²) < 4.78 is 18.4. The van der Waals surface area contributed by atoms with Crippen molar-refractivity contribution in [1.82, 2.24) is 4.90 Å². The SMILES string of the molecule is CCOC(=O)[C@@H]1Cc2c(ccc(C)c2OCc2ccccc2)CN1C(=O)C(OC1CC2CC2C1)c1ccccc1. The first-order valence-electron chi connectivity index (χ1n) is 14.5. The predicted molar refractivity (Wildman–Crippen MR) is 152 cm³/mol. The van der Waals surface area contributed by atoms with Crippen molar-refractivity contribution >= 4 is 11.9 Å². The average molecular weight is 540 g/mol. The highest BCUT2D eigenvalue weighted by Gasteiger charge is 2.48. The Bertz CT molecular complexity index is 1350. The fourth-order valence-corrected chi connectivity index (χ4v) is 6.39.